The summed E-state index contributed by atoms with van der Waals surface area (Å²) in [6, 6.07) is 3.29. The van der Waals surface area contributed by atoms with Crippen LogP contribution in [0.1, 0.15) is 50.5 Å². The normalized spacial score (nSPS) is 17.1. The Labute approximate surface area is 132 Å². The first-order valence-corrected chi connectivity index (χ1v) is 8.03. The van der Waals surface area contributed by atoms with Crippen molar-refractivity contribution in [1.29, 1.82) is 0 Å². The van der Waals surface area contributed by atoms with Crippen molar-refractivity contribution in [3.63, 3.8) is 0 Å². The Morgan fingerprint density at radius 2 is 2.18 bits per heavy atom. The molecule has 0 fully saturated rings. The average Bonchev–Trinajstić information content (AvgIpc) is 3.01. The Hall–Kier alpha value is -2.08. The number of anilines is 1. The molecule has 0 aromatic carbocycles. The third-order valence-corrected chi connectivity index (χ3v) is 5.09. The SMILES string of the molecule is Cc1ccc(C(=O)Nc2sc3c(c2C(=O)O)CC[C@@H](C)C3)o1. The van der Waals surface area contributed by atoms with Crippen LogP contribution in [0, 0.1) is 12.8 Å². The number of nitrogens with one attached hydrogen (secondary N) is 1. The molecule has 2 N–H and O–H groups in total. The van der Waals surface area contributed by atoms with Gasteiger partial charge in [-0.1, -0.05) is 6.92 Å². The van der Waals surface area contributed by atoms with E-state index in [1.54, 1.807) is 19.1 Å². The molecule has 0 saturated carbocycles. The van der Waals surface area contributed by atoms with Crippen molar-refractivity contribution in [2.45, 2.75) is 33.1 Å². The summed E-state index contributed by atoms with van der Waals surface area (Å²) >= 11 is 1.37. The van der Waals surface area contributed by atoms with Gasteiger partial charge in [-0.15, -0.1) is 11.3 Å². The van der Waals surface area contributed by atoms with Gasteiger partial charge in [0.2, 0.25) is 0 Å². The number of carbonyl (C=O) groups is 2. The maximum atomic E-state index is 12.2. The smallest absolute Gasteiger partial charge is 0.339 e. The molecule has 0 unspecified atom stereocenters. The number of aromatic carboxylic acids is 1. The molecule has 2 aromatic rings. The molecule has 1 amide bonds. The number of carbonyl (C=O) groups excluding carboxylic acids is 1. The number of thiophene rings is 1. The monoisotopic (exact) mass is 319 g/mol. The summed E-state index contributed by atoms with van der Waals surface area (Å²) in [6.07, 6.45) is 2.61. The lowest BCUT2D eigenvalue weighted by Crippen LogP contribution is -2.14. The first-order chi connectivity index (χ1) is 10.5. The number of amides is 1. The zero-order valence-electron chi connectivity index (χ0n) is 12.4. The van der Waals surface area contributed by atoms with Gasteiger partial charge in [-0.05, 0) is 49.8 Å². The Balaban J connectivity index is 1.93. The molecule has 1 aliphatic carbocycles. The van der Waals surface area contributed by atoms with Gasteiger partial charge in [-0.25, -0.2) is 4.79 Å². The second kappa shape index (κ2) is 5.61. The Bertz CT molecular complexity index is 743. The van der Waals surface area contributed by atoms with Crippen molar-refractivity contribution in [2.24, 2.45) is 5.92 Å². The van der Waals surface area contributed by atoms with Crippen molar-refractivity contribution in [3.8, 4) is 0 Å². The topological polar surface area (TPSA) is 79.5 Å². The van der Waals surface area contributed by atoms with Gasteiger partial charge in [-0.3, -0.25) is 4.79 Å². The number of hydrogen-bond donors (Lipinski definition) is 2. The fourth-order valence-corrected chi connectivity index (χ4v) is 4.18. The highest BCUT2D eigenvalue weighted by molar-refractivity contribution is 7.17. The highest BCUT2D eigenvalue weighted by atomic mass is 32.1. The van der Waals surface area contributed by atoms with Crippen LogP contribution >= 0.6 is 11.3 Å². The molecular weight excluding hydrogens is 302 g/mol. The predicted molar refractivity (Wildman–Crippen MR) is 83.9 cm³/mol. The van der Waals surface area contributed by atoms with E-state index in [9.17, 15) is 14.7 Å². The van der Waals surface area contributed by atoms with E-state index in [0.29, 0.717) is 16.7 Å². The van der Waals surface area contributed by atoms with E-state index in [1.807, 2.05) is 0 Å². The lowest BCUT2D eigenvalue weighted by Gasteiger charge is -2.17. The van der Waals surface area contributed by atoms with Crippen molar-refractivity contribution in [2.75, 3.05) is 5.32 Å². The maximum Gasteiger partial charge on any atom is 0.339 e. The molecule has 0 aliphatic heterocycles. The number of hydrogen-bond acceptors (Lipinski definition) is 4. The van der Waals surface area contributed by atoms with Crippen LogP contribution in [-0.2, 0) is 12.8 Å². The van der Waals surface area contributed by atoms with Gasteiger partial charge >= 0.3 is 5.97 Å². The predicted octanol–water partition coefficient (Wildman–Crippen LogP) is 3.72. The van der Waals surface area contributed by atoms with Crippen LogP contribution in [0.2, 0.25) is 0 Å². The lowest BCUT2D eigenvalue weighted by atomic mass is 9.88. The minimum atomic E-state index is -0.988. The Kier molecular flexibility index (Phi) is 3.78. The minimum absolute atomic E-state index is 0.188. The van der Waals surface area contributed by atoms with Crippen molar-refractivity contribution in [3.05, 3.63) is 39.7 Å². The molecule has 3 rings (SSSR count). The first-order valence-electron chi connectivity index (χ1n) is 7.21. The molecule has 0 radical (unpaired) electrons. The van der Waals surface area contributed by atoms with Gasteiger partial charge in [0.25, 0.3) is 5.91 Å². The minimum Gasteiger partial charge on any atom is -0.478 e. The molecule has 0 spiro atoms. The van der Waals surface area contributed by atoms with Crippen LogP contribution in [0.25, 0.3) is 0 Å². The van der Waals surface area contributed by atoms with E-state index in [0.717, 1.165) is 29.7 Å². The zero-order chi connectivity index (χ0) is 15.9. The number of fused-ring (bicyclic) bond motifs is 1. The number of carboxylic acid groups (broad SMARTS) is 1. The summed E-state index contributed by atoms with van der Waals surface area (Å²) in [6.45, 7) is 3.91. The van der Waals surface area contributed by atoms with E-state index in [2.05, 4.69) is 12.2 Å². The van der Waals surface area contributed by atoms with Crippen LogP contribution in [0.3, 0.4) is 0 Å². The summed E-state index contributed by atoms with van der Waals surface area (Å²) in [4.78, 5) is 24.9. The van der Waals surface area contributed by atoms with Crippen LogP contribution in [0.15, 0.2) is 16.5 Å². The summed E-state index contributed by atoms with van der Waals surface area (Å²) < 4.78 is 5.28. The molecule has 2 heterocycles. The molecule has 2 aromatic heterocycles. The quantitative estimate of drug-likeness (QED) is 0.903. The molecule has 1 aliphatic rings. The summed E-state index contributed by atoms with van der Waals surface area (Å²) in [5.41, 5.74) is 1.12. The highest BCUT2D eigenvalue weighted by Crippen LogP contribution is 2.39. The van der Waals surface area contributed by atoms with Gasteiger partial charge in [0.1, 0.15) is 10.8 Å². The van der Waals surface area contributed by atoms with E-state index >= 15 is 0 Å². The van der Waals surface area contributed by atoms with E-state index < -0.39 is 11.9 Å². The van der Waals surface area contributed by atoms with Gasteiger partial charge in [0.15, 0.2) is 5.76 Å². The van der Waals surface area contributed by atoms with Gasteiger partial charge in [0.05, 0.1) is 5.56 Å². The average molecular weight is 319 g/mol. The zero-order valence-corrected chi connectivity index (χ0v) is 13.3. The first kappa shape index (κ1) is 14.8. The molecule has 0 saturated heterocycles. The number of rotatable bonds is 3. The van der Waals surface area contributed by atoms with E-state index in [4.69, 9.17) is 4.42 Å². The molecule has 6 heteroatoms. The van der Waals surface area contributed by atoms with E-state index in [1.165, 1.54) is 11.3 Å². The molecule has 22 heavy (non-hydrogen) atoms. The molecule has 5 nitrogen and oxygen atoms in total. The molecule has 1 atom stereocenters. The van der Waals surface area contributed by atoms with E-state index in [-0.39, 0.29) is 11.3 Å². The number of aryl methyl sites for hydroxylation is 1. The molecule has 116 valence electrons. The second-order valence-electron chi connectivity index (χ2n) is 5.73. The molecular formula is C16H17NO4S. The van der Waals surface area contributed by atoms with Gasteiger partial charge in [0, 0.05) is 4.88 Å². The fraction of sp³-hybridized carbons (Fsp3) is 0.375. The van der Waals surface area contributed by atoms with Crippen LogP contribution in [0.4, 0.5) is 5.00 Å². The highest BCUT2D eigenvalue weighted by Gasteiger charge is 2.28. The van der Waals surface area contributed by atoms with Crippen LogP contribution < -0.4 is 5.32 Å². The lowest BCUT2D eigenvalue weighted by molar-refractivity contribution is 0.0697. The number of carboxylic acids is 1. The van der Waals surface area contributed by atoms with Crippen LogP contribution in [0.5, 0.6) is 0 Å². The molecule has 0 bridgehead atoms. The second-order valence-corrected chi connectivity index (χ2v) is 6.83. The van der Waals surface area contributed by atoms with Crippen molar-refractivity contribution >= 4 is 28.2 Å². The summed E-state index contributed by atoms with van der Waals surface area (Å²) in [5, 5.41) is 12.6. The number of furan rings is 1. The van der Waals surface area contributed by atoms with Gasteiger partial charge in [-0.2, -0.15) is 0 Å². The summed E-state index contributed by atoms with van der Waals surface area (Å²) in [5.74, 6) is -0.0271. The van der Waals surface area contributed by atoms with Crippen LogP contribution in [-0.4, -0.2) is 17.0 Å². The largest absolute Gasteiger partial charge is 0.478 e. The maximum absolute atomic E-state index is 12.2. The third-order valence-electron chi connectivity index (χ3n) is 3.92. The Morgan fingerprint density at radius 1 is 1.41 bits per heavy atom. The standard InChI is InChI=1S/C16H17NO4S/c1-8-3-5-10-12(7-8)22-15(13(10)16(19)20)17-14(18)11-6-4-9(2)21-11/h4,6,8H,3,5,7H2,1-2H3,(H,17,18)(H,19,20)/t8-/m1/s1. The third kappa shape index (κ3) is 2.66. The fourth-order valence-electron chi connectivity index (χ4n) is 2.79. The summed E-state index contributed by atoms with van der Waals surface area (Å²) in [7, 11) is 0. The Morgan fingerprint density at radius 3 is 2.82 bits per heavy atom. The van der Waals surface area contributed by atoms with Crippen molar-refractivity contribution in [1.82, 2.24) is 0 Å². The van der Waals surface area contributed by atoms with Crippen molar-refractivity contribution < 1.29 is 19.1 Å². The van der Waals surface area contributed by atoms with Gasteiger partial charge < -0.3 is 14.8 Å².